The maximum absolute atomic E-state index is 6.12. The Morgan fingerprint density at radius 1 is 1.25 bits per heavy atom. The summed E-state index contributed by atoms with van der Waals surface area (Å²) in [7, 11) is 0. The number of hydrogen-bond acceptors (Lipinski definition) is 6. The van der Waals surface area contributed by atoms with E-state index in [2.05, 4.69) is 20.4 Å². The van der Waals surface area contributed by atoms with Gasteiger partial charge in [-0.05, 0) is 43.9 Å². The lowest BCUT2D eigenvalue weighted by atomic mass is 9.85. The van der Waals surface area contributed by atoms with Gasteiger partial charge in [0, 0.05) is 31.8 Å². The molecule has 0 spiro atoms. The lowest BCUT2D eigenvalue weighted by Gasteiger charge is -2.46. The molecule has 0 aliphatic carbocycles. The highest BCUT2D eigenvalue weighted by Gasteiger charge is 2.39. The van der Waals surface area contributed by atoms with Crippen LogP contribution < -0.4 is 5.32 Å². The van der Waals surface area contributed by atoms with Crippen molar-refractivity contribution >= 4 is 5.82 Å². The van der Waals surface area contributed by atoms with Crippen LogP contribution in [0.15, 0.2) is 35.1 Å². The molecule has 0 unspecified atom stereocenters. The summed E-state index contributed by atoms with van der Waals surface area (Å²) in [5.74, 6) is 1.39. The molecule has 2 aromatic rings. The van der Waals surface area contributed by atoms with E-state index in [1.54, 1.807) is 6.26 Å². The van der Waals surface area contributed by atoms with Crippen LogP contribution >= 0.6 is 0 Å². The summed E-state index contributed by atoms with van der Waals surface area (Å²) in [5, 5.41) is 12.0. The van der Waals surface area contributed by atoms with Gasteiger partial charge in [0.1, 0.15) is 5.82 Å². The lowest BCUT2D eigenvalue weighted by Crippen LogP contribution is -2.57. The molecule has 0 amide bonds. The summed E-state index contributed by atoms with van der Waals surface area (Å²) < 4.78 is 11.3. The highest BCUT2D eigenvalue weighted by atomic mass is 16.5. The number of nitrogens with zero attached hydrogens (tertiary/aromatic N) is 3. The van der Waals surface area contributed by atoms with Gasteiger partial charge in [-0.3, -0.25) is 4.90 Å². The van der Waals surface area contributed by atoms with Gasteiger partial charge in [-0.25, -0.2) is 0 Å². The van der Waals surface area contributed by atoms with Crippen molar-refractivity contribution in [3.8, 4) is 0 Å². The third-order valence-electron chi connectivity index (χ3n) is 4.96. The molecule has 128 valence electrons. The minimum Gasteiger partial charge on any atom is -0.472 e. The predicted octanol–water partition coefficient (Wildman–Crippen LogP) is 2.47. The van der Waals surface area contributed by atoms with E-state index in [0.29, 0.717) is 5.92 Å². The molecule has 2 saturated heterocycles. The van der Waals surface area contributed by atoms with Gasteiger partial charge in [0.15, 0.2) is 0 Å². The zero-order chi connectivity index (χ0) is 16.4. The Hall–Kier alpha value is -1.92. The topological polar surface area (TPSA) is 63.4 Å². The number of rotatable bonds is 4. The van der Waals surface area contributed by atoms with E-state index >= 15 is 0 Å². The van der Waals surface area contributed by atoms with Crippen LogP contribution in [-0.2, 0) is 11.3 Å². The molecule has 6 heteroatoms. The van der Waals surface area contributed by atoms with E-state index in [4.69, 9.17) is 9.15 Å². The van der Waals surface area contributed by atoms with Gasteiger partial charge in [0.2, 0.25) is 0 Å². The third kappa shape index (κ3) is 3.44. The van der Waals surface area contributed by atoms with E-state index in [1.807, 2.05) is 31.4 Å². The average molecular weight is 328 g/mol. The summed E-state index contributed by atoms with van der Waals surface area (Å²) in [6, 6.07) is 6.25. The molecule has 6 nitrogen and oxygen atoms in total. The molecule has 2 aromatic heterocycles. The Bertz CT molecular complexity index is 644. The minimum absolute atomic E-state index is 0.230. The summed E-state index contributed by atoms with van der Waals surface area (Å²) >= 11 is 0. The molecule has 2 aliphatic heterocycles. The Balaban J connectivity index is 1.49. The summed E-state index contributed by atoms with van der Waals surface area (Å²) in [6.07, 6.45) is 6.20. The highest BCUT2D eigenvalue weighted by Crippen LogP contribution is 2.30. The largest absolute Gasteiger partial charge is 0.472 e. The van der Waals surface area contributed by atoms with Gasteiger partial charge in [-0.2, -0.15) is 5.10 Å². The van der Waals surface area contributed by atoms with Crippen molar-refractivity contribution in [1.82, 2.24) is 15.1 Å². The van der Waals surface area contributed by atoms with E-state index in [0.717, 1.165) is 44.2 Å². The zero-order valence-electron chi connectivity index (χ0n) is 14.0. The Morgan fingerprint density at radius 3 is 3.00 bits per heavy atom. The second-order valence-electron chi connectivity index (χ2n) is 6.87. The Labute approximate surface area is 142 Å². The molecule has 4 heterocycles. The second kappa shape index (κ2) is 6.91. The van der Waals surface area contributed by atoms with E-state index in [9.17, 15) is 0 Å². The van der Waals surface area contributed by atoms with Crippen LogP contribution in [0.2, 0.25) is 0 Å². The number of hydrogen-bond donors (Lipinski definition) is 1. The molecular weight excluding hydrogens is 304 g/mol. The summed E-state index contributed by atoms with van der Waals surface area (Å²) in [4.78, 5) is 2.49. The first-order valence-corrected chi connectivity index (χ1v) is 8.70. The van der Waals surface area contributed by atoms with Crippen LogP contribution in [-0.4, -0.2) is 46.9 Å². The maximum atomic E-state index is 6.12. The van der Waals surface area contributed by atoms with Crippen molar-refractivity contribution in [2.24, 2.45) is 5.92 Å². The molecular formula is C18H24N4O2. The molecule has 2 aliphatic rings. The number of aryl methyl sites for hydroxylation is 1. The van der Waals surface area contributed by atoms with Crippen molar-refractivity contribution < 1.29 is 9.15 Å². The Kier molecular flexibility index (Phi) is 4.49. The fraction of sp³-hybridized carbons (Fsp3) is 0.556. The van der Waals surface area contributed by atoms with E-state index in [-0.39, 0.29) is 12.1 Å². The van der Waals surface area contributed by atoms with Crippen LogP contribution in [0, 0.1) is 12.8 Å². The van der Waals surface area contributed by atoms with Crippen LogP contribution in [0.25, 0.3) is 0 Å². The average Bonchev–Trinajstić information content (AvgIpc) is 3.10. The van der Waals surface area contributed by atoms with Gasteiger partial charge in [0.05, 0.1) is 30.4 Å². The minimum atomic E-state index is 0.230. The smallest absolute Gasteiger partial charge is 0.149 e. The van der Waals surface area contributed by atoms with Crippen LogP contribution in [0.1, 0.15) is 24.1 Å². The normalized spacial score (nSPS) is 27.6. The fourth-order valence-electron chi connectivity index (χ4n) is 3.86. The number of piperidine rings is 1. The number of likely N-dealkylation sites (tertiary alicyclic amines) is 1. The number of furan rings is 1. The van der Waals surface area contributed by atoms with Gasteiger partial charge in [-0.15, -0.1) is 5.10 Å². The van der Waals surface area contributed by atoms with Crippen molar-refractivity contribution in [2.75, 3.05) is 25.0 Å². The first-order chi connectivity index (χ1) is 11.8. The first-order valence-electron chi connectivity index (χ1n) is 8.70. The molecule has 0 bridgehead atoms. The van der Waals surface area contributed by atoms with E-state index < -0.39 is 0 Å². The standard InChI is InChI=1S/C18H24N4O2/c1-13-4-5-17(21-20-13)19-16-11-22(9-14-6-8-23-12-14)10-15-3-2-7-24-18(15)16/h4-6,8,12,15-16,18H,2-3,7,9-11H2,1H3,(H,19,21)/t15-,16+,18-/m0/s1. The van der Waals surface area contributed by atoms with Crippen molar-refractivity contribution in [3.05, 3.63) is 42.0 Å². The number of aromatic nitrogens is 2. The third-order valence-corrected chi connectivity index (χ3v) is 4.96. The van der Waals surface area contributed by atoms with Crippen LogP contribution in [0.5, 0.6) is 0 Å². The van der Waals surface area contributed by atoms with Crippen LogP contribution in [0.3, 0.4) is 0 Å². The summed E-state index contributed by atoms with van der Waals surface area (Å²) in [5.41, 5.74) is 2.15. The quantitative estimate of drug-likeness (QED) is 0.930. The number of fused-ring (bicyclic) bond motifs is 1. The van der Waals surface area contributed by atoms with Crippen molar-refractivity contribution in [3.63, 3.8) is 0 Å². The van der Waals surface area contributed by atoms with Gasteiger partial charge >= 0.3 is 0 Å². The number of ether oxygens (including phenoxy) is 1. The molecule has 0 radical (unpaired) electrons. The lowest BCUT2D eigenvalue weighted by molar-refractivity contribution is -0.0747. The zero-order valence-corrected chi connectivity index (χ0v) is 14.0. The van der Waals surface area contributed by atoms with Gasteiger partial charge in [-0.1, -0.05) is 0 Å². The first kappa shape index (κ1) is 15.6. The summed E-state index contributed by atoms with van der Waals surface area (Å²) in [6.45, 7) is 5.73. The van der Waals surface area contributed by atoms with Crippen molar-refractivity contribution in [2.45, 2.75) is 38.5 Å². The molecule has 0 aromatic carbocycles. The molecule has 3 atom stereocenters. The predicted molar refractivity (Wildman–Crippen MR) is 90.6 cm³/mol. The number of nitrogens with one attached hydrogen (secondary N) is 1. The fourth-order valence-corrected chi connectivity index (χ4v) is 3.86. The van der Waals surface area contributed by atoms with Crippen LogP contribution in [0.4, 0.5) is 5.82 Å². The maximum Gasteiger partial charge on any atom is 0.149 e. The van der Waals surface area contributed by atoms with Crippen molar-refractivity contribution in [1.29, 1.82) is 0 Å². The monoisotopic (exact) mass is 328 g/mol. The molecule has 1 N–H and O–H groups in total. The molecule has 0 saturated carbocycles. The van der Waals surface area contributed by atoms with Gasteiger partial charge in [0.25, 0.3) is 0 Å². The second-order valence-corrected chi connectivity index (χ2v) is 6.87. The molecule has 24 heavy (non-hydrogen) atoms. The Morgan fingerprint density at radius 2 is 2.21 bits per heavy atom. The highest BCUT2D eigenvalue weighted by molar-refractivity contribution is 5.35. The van der Waals surface area contributed by atoms with E-state index in [1.165, 1.54) is 12.0 Å². The molecule has 4 rings (SSSR count). The van der Waals surface area contributed by atoms with Gasteiger partial charge < -0.3 is 14.5 Å². The molecule has 2 fully saturated rings. The number of anilines is 1. The SMILES string of the molecule is Cc1ccc(N[C@@H]2CN(Cc3ccoc3)C[C@@H]3CCCO[C@@H]32)nn1.